The fourth-order valence-corrected chi connectivity index (χ4v) is 4.24. The van der Waals surface area contributed by atoms with Crippen LogP contribution < -0.4 is 10.6 Å². The molecule has 1 saturated carbocycles. The smallest absolute Gasteiger partial charge is 0.257 e. The van der Waals surface area contributed by atoms with Crippen molar-refractivity contribution in [3.63, 3.8) is 0 Å². The van der Waals surface area contributed by atoms with E-state index in [1.165, 1.54) is 11.6 Å². The number of rotatable bonds is 7. The van der Waals surface area contributed by atoms with E-state index in [1.807, 2.05) is 18.2 Å². The van der Waals surface area contributed by atoms with E-state index >= 15 is 0 Å². The summed E-state index contributed by atoms with van der Waals surface area (Å²) in [4.78, 5) is 25.4. The van der Waals surface area contributed by atoms with Crippen molar-refractivity contribution in [1.29, 1.82) is 0 Å². The number of nitrogens with one attached hydrogen (secondary N) is 2. The van der Waals surface area contributed by atoms with Gasteiger partial charge in [0.15, 0.2) is 0 Å². The van der Waals surface area contributed by atoms with Crippen LogP contribution in [0.4, 0.5) is 8.78 Å². The highest BCUT2D eigenvalue weighted by Crippen LogP contribution is 2.40. The summed E-state index contributed by atoms with van der Waals surface area (Å²) in [6, 6.07) is 12.5. The van der Waals surface area contributed by atoms with E-state index in [1.54, 1.807) is 13.8 Å². The lowest BCUT2D eigenvalue weighted by Crippen LogP contribution is -2.52. The van der Waals surface area contributed by atoms with Crippen molar-refractivity contribution in [3.05, 3.63) is 71.3 Å². The molecule has 0 aliphatic heterocycles. The molecule has 0 radical (unpaired) electrons. The SMILES string of the molecule is CC(C)C(NC(=O)c1c(F)cccc1F)C(=O)NCC1(c2ccccc2)CCCC1. The van der Waals surface area contributed by atoms with Gasteiger partial charge in [0.1, 0.15) is 23.2 Å². The zero-order chi connectivity index (χ0) is 21.7. The van der Waals surface area contributed by atoms with E-state index in [0.717, 1.165) is 37.8 Å². The quantitative estimate of drug-likeness (QED) is 0.708. The predicted octanol–water partition coefficient (Wildman–Crippen LogP) is 4.35. The lowest BCUT2D eigenvalue weighted by molar-refractivity contribution is -0.124. The number of hydrogen-bond acceptors (Lipinski definition) is 2. The highest BCUT2D eigenvalue weighted by Gasteiger charge is 2.37. The summed E-state index contributed by atoms with van der Waals surface area (Å²) in [5.74, 6) is -3.44. The van der Waals surface area contributed by atoms with E-state index in [9.17, 15) is 18.4 Å². The van der Waals surface area contributed by atoms with Crippen LogP contribution >= 0.6 is 0 Å². The van der Waals surface area contributed by atoms with E-state index in [-0.39, 0.29) is 17.2 Å². The third-order valence-corrected chi connectivity index (χ3v) is 5.97. The van der Waals surface area contributed by atoms with E-state index in [4.69, 9.17) is 0 Å². The second-order valence-electron chi connectivity index (χ2n) is 8.36. The van der Waals surface area contributed by atoms with Crippen molar-refractivity contribution in [3.8, 4) is 0 Å². The summed E-state index contributed by atoms with van der Waals surface area (Å²) >= 11 is 0. The Morgan fingerprint density at radius 2 is 1.57 bits per heavy atom. The average molecular weight is 414 g/mol. The van der Waals surface area contributed by atoms with Gasteiger partial charge in [0.2, 0.25) is 5.91 Å². The van der Waals surface area contributed by atoms with E-state index in [2.05, 4.69) is 22.8 Å². The first-order valence-corrected chi connectivity index (χ1v) is 10.4. The number of halogens is 2. The Morgan fingerprint density at radius 1 is 0.967 bits per heavy atom. The molecule has 160 valence electrons. The van der Waals surface area contributed by atoms with Crippen LogP contribution in [-0.2, 0) is 10.2 Å². The molecule has 3 rings (SSSR count). The van der Waals surface area contributed by atoms with Crippen molar-refractivity contribution in [2.45, 2.75) is 51.0 Å². The van der Waals surface area contributed by atoms with Crippen LogP contribution in [0.15, 0.2) is 48.5 Å². The van der Waals surface area contributed by atoms with Crippen molar-refractivity contribution in [1.82, 2.24) is 10.6 Å². The van der Waals surface area contributed by atoms with Gasteiger partial charge in [-0.3, -0.25) is 9.59 Å². The first-order valence-electron chi connectivity index (χ1n) is 10.4. The third-order valence-electron chi connectivity index (χ3n) is 5.97. The Bertz CT molecular complexity index is 873. The second kappa shape index (κ2) is 9.37. The standard InChI is InChI=1S/C24H28F2N2O2/c1-16(2)21(28-22(29)20-18(25)11-8-12-19(20)26)23(30)27-15-24(13-6-7-14-24)17-9-4-3-5-10-17/h3-5,8-12,16,21H,6-7,13-15H2,1-2H3,(H,27,30)(H,28,29). The summed E-state index contributed by atoms with van der Waals surface area (Å²) in [5.41, 5.74) is 0.397. The van der Waals surface area contributed by atoms with Gasteiger partial charge in [-0.15, -0.1) is 0 Å². The van der Waals surface area contributed by atoms with Crippen LogP contribution in [-0.4, -0.2) is 24.4 Å². The van der Waals surface area contributed by atoms with Gasteiger partial charge < -0.3 is 10.6 Å². The first kappa shape index (κ1) is 21.9. The molecule has 1 unspecified atom stereocenters. The molecule has 1 fully saturated rings. The van der Waals surface area contributed by atoms with Gasteiger partial charge in [0.25, 0.3) is 5.91 Å². The Morgan fingerprint density at radius 3 is 2.13 bits per heavy atom. The number of carbonyl (C=O) groups is 2. The molecule has 0 aromatic heterocycles. The molecule has 2 amide bonds. The van der Waals surface area contributed by atoms with Crippen molar-refractivity contribution < 1.29 is 18.4 Å². The Balaban J connectivity index is 1.72. The zero-order valence-corrected chi connectivity index (χ0v) is 17.4. The summed E-state index contributed by atoms with van der Waals surface area (Å²) in [5, 5.41) is 5.50. The monoisotopic (exact) mass is 414 g/mol. The molecule has 0 saturated heterocycles. The Kier molecular flexibility index (Phi) is 6.85. The fourth-order valence-electron chi connectivity index (χ4n) is 4.24. The molecule has 2 N–H and O–H groups in total. The summed E-state index contributed by atoms with van der Waals surface area (Å²) < 4.78 is 27.9. The molecule has 2 aromatic rings. The number of hydrogen-bond donors (Lipinski definition) is 2. The number of benzene rings is 2. The molecule has 1 aliphatic carbocycles. The van der Waals surface area contributed by atoms with Crippen LogP contribution in [0, 0.1) is 17.6 Å². The molecule has 0 bridgehead atoms. The maximum absolute atomic E-state index is 13.9. The van der Waals surface area contributed by atoms with Gasteiger partial charge in [-0.05, 0) is 36.5 Å². The fraction of sp³-hybridized carbons (Fsp3) is 0.417. The molecule has 0 heterocycles. The lowest BCUT2D eigenvalue weighted by Gasteiger charge is -2.31. The third kappa shape index (κ3) is 4.69. The minimum Gasteiger partial charge on any atom is -0.353 e. The molecule has 2 aromatic carbocycles. The highest BCUT2D eigenvalue weighted by atomic mass is 19.1. The van der Waals surface area contributed by atoms with Crippen molar-refractivity contribution in [2.75, 3.05) is 6.54 Å². The molecule has 0 spiro atoms. The highest BCUT2D eigenvalue weighted by molar-refractivity contribution is 5.98. The van der Waals surface area contributed by atoms with Gasteiger partial charge in [0.05, 0.1) is 0 Å². The van der Waals surface area contributed by atoms with Crippen LogP contribution in [0.2, 0.25) is 0 Å². The minimum absolute atomic E-state index is 0.125. The molecular weight excluding hydrogens is 386 g/mol. The first-order chi connectivity index (χ1) is 14.3. The maximum atomic E-state index is 13.9. The number of carbonyl (C=O) groups excluding carboxylic acids is 2. The summed E-state index contributed by atoms with van der Waals surface area (Å²) in [6.07, 6.45) is 4.16. The number of amides is 2. The molecule has 6 heteroatoms. The van der Waals surface area contributed by atoms with Crippen LogP contribution in [0.25, 0.3) is 0 Å². The van der Waals surface area contributed by atoms with Gasteiger partial charge in [-0.1, -0.05) is 63.1 Å². The van der Waals surface area contributed by atoms with E-state index < -0.39 is 29.1 Å². The molecule has 4 nitrogen and oxygen atoms in total. The zero-order valence-electron chi connectivity index (χ0n) is 17.4. The molecular formula is C24H28F2N2O2. The largest absolute Gasteiger partial charge is 0.353 e. The Hall–Kier alpha value is -2.76. The minimum atomic E-state index is -0.954. The van der Waals surface area contributed by atoms with Gasteiger partial charge in [0, 0.05) is 12.0 Å². The average Bonchev–Trinajstić information content (AvgIpc) is 3.21. The van der Waals surface area contributed by atoms with E-state index in [0.29, 0.717) is 6.54 Å². The van der Waals surface area contributed by atoms with Crippen LogP contribution in [0.1, 0.15) is 55.5 Å². The predicted molar refractivity (Wildman–Crippen MR) is 112 cm³/mol. The lowest BCUT2D eigenvalue weighted by atomic mass is 9.78. The van der Waals surface area contributed by atoms with Crippen LogP contribution in [0.5, 0.6) is 0 Å². The van der Waals surface area contributed by atoms with Gasteiger partial charge in [-0.25, -0.2) is 8.78 Å². The van der Waals surface area contributed by atoms with Crippen molar-refractivity contribution >= 4 is 11.8 Å². The Labute approximate surface area is 176 Å². The molecule has 1 atom stereocenters. The summed E-state index contributed by atoms with van der Waals surface area (Å²) in [7, 11) is 0. The maximum Gasteiger partial charge on any atom is 0.257 e. The summed E-state index contributed by atoms with van der Waals surface area (Å²) in [6.45, 7) is 4.03. The molecule has 30 heavy (non-hydrogen) atoms. The van der Waals surface area contributed by atoms with Gasteiger partial charge >= 0.3 is 0 Å². The van der Waals surface area contributed by atoms with Crippen LogP contribution in [0.3, 0.4) is 0 Å². The second-order valence-corrected chi connectivity index (χ2v) is 8.36. The topological polar surface area (TPSA) is 58.2 Å². The van der Waals surface area contributed by atoms with Crippen molar-refractivity contribution in [2.24, 2.45) is 5.92 Å². The normalized spacial score (nSPS) is 16.3. The van der Waals surface area contributed by atoms with Gasteiger partial charge in [-0.2, -0.15) is 0 Å². The molecule has 1 aliphatic rings.